The summed E-state index contributed by atoms with van der Waals surface area (Å²) in [6.45, 7) is 0. The number of hydrogen-bond acceptors (Lipinski definition) is 7. The number of carbonyl (C=O) groups is 1. The molecule has 2 rings (SSSR count). The van der Waals surface area contributed by atoms with Crippen LogP contribution in [0.5, 0.6) is 11.5 Å². The molecule has 0 amide bonds. The second kappa shape index (κ2) is 7.92. The lowest BCUT2D eigenvalue weighted by Gasteiger charge is -2.23. The third-order valence-corrected chi connectivity index (χ3v) is 4.05. The molecular formula is C17H17ClN2O6. The second-order valence-electron chi connectivity index (χ2n) is 5.20. The molecule has 2 aromatic carbocycles. The number of hydrogen-bond donors (Lipinski definition) is 0. The highest BCUT2D eigenvalue weighted by Gasteiger charge is 2.24. The average molecular weight is 381 g/mol. The maximum absolute atomic E-state index is 12.1. The fraction of sp³-hybridized carbons (Fsp3) is 0.235. The van der Waals surface area contributed by atoms with Crippen LogP contribution in [0.25, 0.3) is 0 Å². The number of benzene rings is 2. The van der Waals surface area contributed by atoms with Crippen LogP contribution in [0.1, 0.15) is 10.4 Å². The number of halogens is 1. The molecule has 2 aromatic rings. The Morgan fingerprint density at radius 1 is 1.08 bits per heavy atom. The number of carbonyl (C=O) groups excluding carboxylic acids is 1. The molecule has 0 aromatic heterocycles. The van der Waals surface area contributed by atoms with E-state index in [4.69, 9.17) is 25.8 Å². The van der Waals surface area contributed by atoms with Gasteiger partial charge in [-0.3, -0.25) is 10.1 Å². The summed E-state index contributed by atoms with van der Waals surface area (Å²) in [5.41, 5.74) is 0.583. The minimum Gasteiger partial charge on any atom is -0.497 e. The van der Waals surface area contributed by atoms with Crippen LogP contribution in [0.4, 0.5) is 17.1 Å². The molecule has 0 spiro atoms. The number of methoxy groups -OCH3 is 3. The summed E-state index contributed by atoms with van der Waals surface area (Å²) in [5, 5.41) is 11.0. The van der Waals surface area contributed by atoms with Gasteiger partial charge in [-0.1, -0.05) is 11.6 Å². The number of anilines is 2. The van der Waals surface area contributed by atoms with E-state index in [-0.39, 0.29) is 16.3 Å². The first-order valence-electron chi connectivity index (χ1n) is 7.35. The van der Waals surface area contributed by atoms with Crippen LogP contribution in [0.15, 0.2) is 30.3 Å². The van der Waals surface area contributed by atoms with E-state index >= 15 is 0 Å². The number of nitrogens with zero attached hydrogens (tertiary/aromatic N) is 2. The first-order valence-corrected chi connectivity index (χ1v) is 7.73. The van der Waals surface area contributed by atoms with Crippen LogP contribution in [-0.2, 0) is 4.74 Å². The zero-order chi connectivity index (χ0) is 19.4. The number of nitro benzene ring substituents is 1. The number of rotatable bonds is 6. The van der Waals surface area contributed by atoms with Gasteiger partial charge in [-0.15, -0.1) is 0 Å². The van der Waals surface area contributed by atoms with Crippen molar-refractivity contribution in [3.63, 3.8) is 0 Å². The predicted molar refractivity (Wildman–Crippen MR) is 97.1 cm³/mol. The van der Waals surface area contributed by atoms with Gasteiger partial charge in [0.15, 0.2) is 0 Å². The molecule has 0 heterocycles. The molecular weight excluding hydrogens is 364 g/mol. The van der Waals surface area contributed by atoms with Crippen molar-refractivity contribution in [1.29, 1.82) is 0 Å². The van der Waals surface area contributed by atoms with E-state index in [1.807, 2.05) is 0 Å². The van der Waals surface area contributed by atoms with Gasteiger partial charge < -0.3 is 19.1 Å². The molecule has 0 atom stereocenters. The summed E-state index contributed by atoms with van der Waals surface area (Å²) in [5.74, 6) is 0.360. The van der Waals surface area contributed by atoms with Crippen LogP contribution >= 0.6 is 11.6 Å². The van der Waals surface area contributed by atoms with Crippen molar-refractivity contribution in [2.75, 3.05) is 33.3 Å². The third-order valence-electron chi connectivity index (χ3n) is 3.75. The van der Waals surface area contributed by atoms with Crippen molar-refractivity contribution in [1.82, 2.24) is 0 Å². The Labute approximate surface area is 155 Å². The van der Waals surface area contributed by atoms with Crippen molar-refractivity contribution >= 4 is 34.6 Å². The molecule has 0 unspecified atom stereocenters. The summed E-state index contributed by atoms with van der Waals surface area (Å²) >= 11 is 6.02. The molecule has 0 aliphatic rings. The summed E-state index contributed by atoms with van der Waals surface area (Å²) in [6, 6.07) is 7.58. The van der Waals surface area contributed by atoms with Gasteiger partial charge in [0, 0.05) is 37.0 Å². The highest BCUT2D eigenvalue weighted by atomic mass is 35.5. The summed E-state index contributed by atoms with van der Waals surface area (Å²) < 4.78 is 15.2. The lowest BCUT2D eigenvalue weighted by atomic mass is 10.1. The van der Waals surface area contributed by atoms with Crippen LogP contribution in [0, 0.1) is 10.1 Å². The lowest BCUT2D eigenvalue weighted by molar-refractivity contribution is -0.384. The van der Waals surface area contributed by atoms with E-state index in [1.54, 1.807) is 30.1 Å². The second-order valence-corrected chi connectivity index (χ2v) is 5.61. The van der Waals surface area contributed by atoms with Gasteiger partial charge >= 0.3 is 5.97 Å². The molecule has 0 saturated carbocycles. The van der Waals surface area contributed by atoms with E-state index in [0.29, 0.717) is 22.9 Å². The fourth-order valence-electron chi connectivity index (χ4n) is 2.37. The molecule has 0 fully saturated rings. The molecule has 9 heteroatoms. The van der Waals surface area contributed by atoms with Crippen molar-refractivity contribution in [3.05, 3.63) is 51.0 Å². The topological polar surface area (TPSA) is 91.1 Å². The van der Waals surface area contributed by atoms with Gasteiger partial charge in [-0.25, -0.2) is 4.79 Å². The fourth-order valence-corrected chi connectivity index (χ4v) is 2.59. The summed E-state index contributed by atoms with van der Waals surface area (Å²) in [6.07, 6.45) is 0. The van der Waals surface area contributed by atoms with Crippen LogP contribution in [0.3, 0.4) is 0 Å². The molecule has 0 aliphatic heterocycles. The van der Waals surface area contributed by atoms with Gasteiger partial charge in [0.2, 0.25) is 0 Å². The molecule has 0 aliphatic carbocycles. The Kier molecular flexibility index (Phi) is 5.89. The monoisotopic (exact) mass is 380 g/mol. The molecule has 0 N–H and O–H groups in total. The van der Waals surface area contributed by atoms with E-state index in [1.165, 1.54) is 27.4 Å². The van der Waals surface area contributed by atoms with Crippen molar-refractivity contribution < 1.29 is 23.9 Å². The van der Waals surface area contributed by atoms with Gasteiger partial charge in [0.05, 0.1) is 37.5 Å². The molecule has 0 radical (unpaired) electrons. The number of ether oxygens (including phenoxy) is 3. The maximum Gasteiger partial charge on any atom is 0.340 e. The van der Waals surface area contributed by atoms with Crippen molar-refractivity contribution in [2.45, 2.75) is 0 Å². The van der Waals surface area contributed by atoms with Gasteiger partial charge in [0.25, 0.3) is 5.69 Å². The first-order chi connectivity index (χ1) is 12.3. The van der Waals surface area contributed by atoms with Gasteiger partial charge in [0.1, 0.15) is 16.5 Å². The number of nitro groups is 1. The zero-order valence-corrected chi connectivity index (χ0v) is 15.4. The molecule has 0 saturated heterocycles. The van der Waals surface area contributed by atoms with E-state index in [9.17, 15) is 14.9 Å². The Hall–Kier alpha value is -3.00. The minimum atomic E-state index is -0.721. The minimum absolute atomic E-state index is 0.00730. The average Bonchev–Trinajstić information content (AvgIpc) is 2.65. The maximum atomic E-state index is 12.1. The molecule has 138 valence electrons. The third kappa shape index (κ3) is 3.80. The summed E-state index contributed by atoms with van der Waals surface area (Å²) in [7, 11) is 5.90. The van der Waals surface area contributed by atoms with Crippen LogP contribution < -0.4 is 14.4 Å². The lowest BCUT2D eigenvalue weighted by Crippen LogP contribution is -2.16. The SMILES string of the molecule is COC(=O)c1cc([N+](=O)[O-])c(Cl)cc1N(C)c1cc(OC)cc(OC)c1. The molecule has 8 nitrogen and oxygen atoms in total. The standard InChI is InChI=1S/C17H17ClN2O6/c1-19(10-5-11(24-2)7-12(6-10)25-3)15-9-14(18)16(20(22)23)8-13(15)17(21)26-4/h5-9H,1-4H3. The van der Waals surface area contributed by atoms with Gasteiger partial charge in [-0.05, 0) is 6.07 Å². The van der Waals surface area contributed by atoms with Crippen molar-refractivity contribution in [3.8, 4) is 11.5 Å². The predicted octanol–water partition coefficient (Wildman–Crippen LogP) is 3.82. The van der Waals surface area contributed by atoms with E-state index < -0.39 is 10.9 Å². The zero-order valence-electron chi connectivity index (χ0n) is 14.6. The smallest absolute Gasteiger partial charge is 0.340 e. The molecule has 0 bridgehead atoms. The van der Waals surface area contributed by atoms with E-state index in [2.05, 4.69) is 0 Å². The Bertz CT molecular complexity index is 833. The Morgan fingerprint density at radius 2 is 1.65 bits per heavy atom. The van der Waals surface area contributed by atoms with Crippen LogP contribution in [0.2, 0.25) is 5.02 Å². The first kappa shape index (κ1) is 19.3. The largest absolute Gasteiger partial charge is 0.497 e. The van der Waals surface area contributed by atoms with E-state index in [0.717, 1.165) is 6.07 Å². The number of esters is 1. The Balaban J connectivity index is 2.64. The Morgan fingerprint density at radius 3 is 2.12 bits per heavy atom. The highest BCUT2D eigenvalue weighted by Crippen LogP contribution is 2.38. The molecule has 26 heavy (non-hydrogen) atoms. The van der Waals surface area contributed by atoms with Crippen molar-refractivity contribution in [2.24, 2.45) is 0 Å². The van der Waals surface area contributed by atoms with Gasteiger partial charge in [-0.2, -0.15) is 0 Å². The van der Waals surface area contributed by atoms with Crippen LogP contribution in [-0.4, -0.2) is 39.3 Å². The highest BCUT2D eigenvalue weighted by molar-refractivity contribution is 6.33. The summed E-state index contributed by atoms with van der Waals surface area (Å²) in [4.78, 5) is 24.2. The quantitative estimate of drug-likeness (QED) is 0.427. The normalized spacial score (nSPS) is 10.2.